The van der Waals surface area contributed by atoms with Crippen molar-refractivity contribution in [3.63, 3.8) is 0 Å². The van der Waals surface area contributed by atoms with Gasteiger partial charge in [-0.2, -0.15) is 5.10 Å². The predicted molar refractivity (Wildman–Crippen MR) is 108 cm³/mol. The van der Waals surface area contributed by atoms with E-state index in [9.17, 15) is 4.79 Å². The number of hydrogen-bond acceptors (Lipinski definition) is 4. The van der Waals surface area contributed by atoms with Gasteiger partial charge >= 0.3 is 0 Å². The van der Waals surface area contributed by atoms with Crippen molar-refractivity contribution in [1.82, 2.24) is 15.1 Å². The fourth-order valence-electron chi connectivity index (χ4n) is 3.31. The number of methoxy groups -OCH3 is 2. The van der Waals surface area contributed by atoms with Crippen molar-refractivity contribution in [3.8, 4) is 17.2 Å². The number of hydrogen-bond donors (Lipinski definition) is 1. The van der Waals surface area contributed by atoms with Crippen LogP contribution in [-0.4, -0.2) is 29.9 Å². The van der Waals surface area contributed by atoms with Gasteiger partial charge in [0.25, 0.3) is 5.91 Å². The molecule has 1 unspecified atom stereocenters. The molecule has 0 radical (unpaired) electrons. The van der Waals surface area contributed by atoms with Crippen LogP contribution in [0, 0.1) is 13.8 Å². The number of carbonyl (C=O) groups excluding carboxylic acids is 1. The Morgan fingerprint density at radius 1 is 1.07 bits per heavy atom. The molecule has 2 aromatic carbocycles. The average Bonchev–Trinajstić information content (AvgIpc) is 3.02. The molecule has 6 nitrogen and oxygen atoms in total. The first-order valence-electron chi connectivity index (χ1n) is 9.10. The summed E-state index contributed by atoms with van der Waals surface area (Å²) in [7, 11) is 3.21. The first-order chi connectivity index (χ1) is 13.5. The highest BCUT2D eigenvalue weighted by Gasteiger charge is 2.22. The molecule has 28 heavy (non-hydrogen) atoms. The largest absolute Gasteiger partial charge is 0.497 e. The Labute approximate surface area is 165 Å². The van der Waals surface area contributed by atoms with Crippen LogP contribution in [0.1, 0.15) is 40.3 Å². The summed E-state index contributed by atoms with van der Waals surface area (Å²) in [6.45, 7) is 5.68. The molecular formula is C22H25N3O3. The van der Waals surface area contributed by atoms with Crippen LogP contribution in [-0.2, 0) is 0 Å². The number of carbonyl (C=O) groups is 1. The van der Waals surface area contributed by atoms with Gasteiger partial charge in [-0.15, -0.1) is 0 Å². The number of amides is 1. The van der Waals surface area contributed by atoms with E-state index in [0.29, 0.717) is 22.8 Å². The highest BCUT2D eigenvalue weighted by atomic mass is 16.5. The van der Waals surface area contributed by atoms with Gasteiger partial charge in [-0.1, -0.05) is 18.2 Å². The van der Waals surface area contributed by atoms with Crippen molar-refractivity contribution < 1.29 is 14.3 Å². The van der Waals surface area contributed by atoms with Crippen molar-refractivity contribution in [2.24, 2.45) is 0 Å². The number of nitrogens with one attached hydrogen (secondary N) is 1. The van der Waals surface area contributed by atoms with E-state index in [1.807, 2.05) is 69.3 Å². The lowest BCUT2D eigenvalue weighted by Gasteiger charge is -2.18. The Bertz CT molecular complexity index is 980. The summed E-state index contributed by atoms with van der Waals surface area (Å²) in [5.41, 5.74) is 3.88. The van der Waals surface area contributed by atoms with E-state index in [2.05, 4.69) is 10.4 Å². The van der Waals surface area contributed by atoms with Crippen LogP contribution in [0.2, 0.25) is 0 Å². The third-order valence-electron chi connectivity index (χ3n) is 4.77. The number of aromatic nitrogens is 2. The maximum atomic E-state index is 13.0. The Morgan fingerprint density at radius 3 is 2.43 bits per heavy atom. The normalized spacial score (nSPS) is 11.8. The quantitative estimate of drug-likeness (QED) is 0.703. The summed E-state index contributed by atoms with van der Waals surface area (Å²) in [6.07, 6.45) is 0. The standard InChI is InChI=1S/C22H25N3O3/c1-14(19-12-11-18(27-4)13-20(19)28-5)23-22(26)21-15(2)24-25(16(21)3)17-9-7-6-8-10-17/h6-14H,1-5H3,(H,23,26). The highest BCUT2D eigenvalue weighted by Crippen LogP contribution is 2.29. The van der Waals surface area contributed by atoms with Crippen LogP contribution in [0.4, 0.5) is 0 Å². The topological polar surface area (TPSA) is 65.4 Å². The molecule has 0 fully saturated rings. The number of para-hydroxylation sites is 1. The van der Waals surface area contributed by atoms with E-state index in [0.717, 1.165) is 16.9 Å². The zero-order valence-electron chi connectivity index (χ0n) is 16.8. The fraction of sp³-hybridized carbons (Fsp3) is 0.273. The maximum absolute atomic E-state index is 13.0. The van der Waals surface area contributed by atoms with E-state index >= 15 is 0 Å². The lowest BCUT2D eigenvalue weighted by molar-refractivity contribution is 0.0938. The second-order valence-electron chi connectivity index (χ2n) is 6.60. The summed E-state index contributed by atoms with van der Waals surface area (Å²) in [4.78, 5) is 13.0. The first-order valence-corrected chi connectivity index (χ1v) is 9.10. The number of ether oxygens (including phenoxy) is 2. The van der Waals surface area contributed by atoms with Gasteiger partial charge in [0, 0.05) is 11.6 Å². The van der Waals surface area contributed by atoms with Crippen molar-refractivity contribution in [3.05, 3.63) is 71.0 Å². The minimum Gasteiger partial charge on any atom is -0.497 e. The number of nitrogens with zero attached hydrogens (tertiary/aromatic N) is 2. The molecule has 0 aliphatic heterocycles. The van der Waals surface area contributed by atoms with Gasteiger partial charge in [-0.3, -0.25) is 4.79 Å². The molecule has 1 atom stereocenters. The molecule has 0 saturated carbocycles. The average molecular weight is 379 g/mol. The monoisotopic (exact) mass is 379 g/mol. The van der Waals surface area contributed by atoms with Crippen molar-refractivity contribution >= 4 is 5.91 Å². The Kier molecular flexibility index (Phi) is 5.68. The summed E-state index contributed by atoms with van der Waals surface area (Å²) >= 11 is 0. The highest BCUT2D eigenvalue weighted by molar-refractivity contribution is 5.96. The van der Waals surface area contributed by atoms with E-state index in [-0.39, 0.29) is 11.9 Å². The smallest absolute Gasteiger partial charge is 0.255 e. The molecule has 1 N–H and O–H groups in total. The van der Waals surface area contributed by atoms with E-state index in [1.165, 1.54) is 0 Å². The van der Waals surface area contributed by atoms with Crippen LogP contribution < -0.4 is 14.8 Å². The maximum Gasteiger partial charge on any atom is 0.255 e. The van der Waals surface area contributed by atoms with Crippen LogP contribution >= 0.6 is 0 Å². The van der Waals surface area contributed by atoms with E-state index in [1.54, 1.807) is 18.9 Å². The van der Waals surface area contributed by atoms with Gasteiger partial charge in [0.15, 0.2) is 0 Å². The molecule has 0 saturated heterocycles. The van der Waals surface area contributed by atoms with Crippen molar-refractivity contribution in [2.75, 3.05) is 14.2 Å². The van der Waals surface area contributed by atoms with Gasteiger partial charge in [0.05, 0.1) is 42.9 Å². The second kappa shape index (κ2) is 8.17. The molecule has 1 amide bonds. The number of rotatable bonds is 6. The molecule has 1 heterocycles. The van der Waals surface area contributed by atoms with Crippen LogP contribution in [0.5, 0.6) is 11.5 Å². The molecule has 6 heteroatoms. The van der Waals surface area contributed by atoms with Gasteiger partial charge < -0.3 is 14.8 Å². The van der Waals surface area contributed by atoms with Crippen LogP contribution in [0.3, 0.4) is 0 Å². The lowest BCUT2D eigenvalue weighted by Crippen LogP contribution is -2.28. The van der Waals surface area contributed by atoms with Gasteiger partial charge in [-0.05, 0) is 45.0 Å². The zero-order chi connectivity index (χ0) is 20.3. The Morgan fingerprint density at radius 2 is 1.79 bits per heavy atom. The van der Waals surface area contributed by atoms with Crippen LogP contribution in [0.15, 0.2) is 48.5 Å². The molecule has 146 valence electrons. The third-order valence-corrected chi connectivity index (χ3v) is 4.77. The summed E-state index contributed by atoms with van der Waals surface area (Å²) in [5.74, 6) is 1.21. The summed E-state index contributed by atoms with van der Waals surface area (Å²) in [6, 6.07) is 15.1. The Balaban J connectivity index is 1.87. The zero-order valence-corrected chi connectivity index (χ0v) is 16.8. The Hall–Kier alpha value is -3.28. The van der Waals surface area contributed by atoms with Crippen LogP contribution in [0.25, 0.3) is 5.69 Å². The second-order valence-corrected chi connectivity index (χ2v) is 6.60. The number of aryl methyl sites for hydroxylation is 1. The number of benzene rings is 2. The fourth-order valence-corrected chi connectivity index (χ4v) is 3.31. The van der Waals surface area contributed by atoms with Gasteiger partial charge in [0.2, 0.25) is 0 Å². The minimum absolute atomic E-state index is 0.164. The molecular weight excluding hydrogens is 354 g/mol. The van der Waals surface area contributed by atoms with Gasteiger partial charge in [-0.25, -0.2) is 4.68 Å². The van der Waals surface area contributed by atoms with Crippen molar-refractivity contribution in [1.29, 1.82) is 0 Å². The summed E-state index contributed by atoms with van der Waals surface area (Å²) < 4.78 is 12.5. The predicted octanol–water partition coefficient (Wildman–Crippen LogP) is 4.00. The lowest BCUT2D eigenvalue weighted by atomic mass is 10.1. The third kappa shape index (κ3) is 3.71. The molecule has 3 rings (SSSR count). The molecule has 0 spiro atoms. The van der Waals surface area contributed by atoms with Gasteiger partial charge in [0.1, 0.15) is 11.5 Å². The molecule has 0 aliphatic carbocycles. The molecule has 3 aromatic rings. The van der Waals surface area contributed by atoms with E-state index in [4.69, 9.17) is 9.47 Å². The van der Waals surface area contributed by atoms with Crippen molar-refractivity contribution in [2.45, 2.75) is 26.8 Å². The molecule has 1 aromatic heterocycles. The molecule has 0 aliphatic rings. The minimum atomic E-state index is -0.243. The first kappa shape index (κ1) is 19.5. The summed E-state index contributed by atoms with van der Waals surface area (Å²) in [5, 5.41) is 7.61. The molecule has 0 bridgehead atoms. The SMILES string of the molecule is COc1ccc(C(C)NC(=O)c2c(C)nn(-c3ccccc3)c2C)c(OC)c1. The van der Waals surface area contributed by atoms with E-state index < -0.39 is 0 Å².